The number of aromatic amines is 1. The van der Waals surface area contributed by atoms with Crippen molar-refractivity contribution in [2.75, 3.05) is 13.1 Å². The normalized spacial score (nSPS) is 15.3. The molecule has 1 fully saturated rings. The van der Waals surface area contributed by atoms with E-state index >= 15 is 0 Å². The summed E-state index contributed by atoms with van der Waals surface area (Å²) < 4.78 is 0. The standard InChI is InChI=1S/C33H41N3O2S/c1-20-24(23-10-8-9-11-27(23)34-20)18-29(37)36-14-12-21(13-15-36)31-35-28(19-39-31)22-16-25(32(2,3)4)30(38)26(17-22)33(5,6)7/h8-11,16-17,19,21,34,38H,12-15,18H2,1-7H3. The van der Waals surface area contributed by atoms with Crippen molar-refractivity contribution in [2.24, 2.45) is 0 Å². The predicted octanol–water partition coefficient (Wildman–Crippen LogP) is 7.85. The molecule has 1 aliphatic heterocycles. The van der Waals surface area contributed by atoms with Crippen molar-refractivity contribution < 1.29 is 9.90 Å². The molecule has 0 atom stereocenters. The van der Waals surface area contributed by atoms with Crippen molar-refractivity contribution >= 4 is 28.1 Å². The number of hydrogen-bond donors (Lipinski definition) is 2. The summed E-state index contributed by atoms with van der Waals surface area (Å²) in [4.78, 5) is 23.8. The van der Waals surface area contributed by atoms with Crippen LogP contribution in [0.3, 0.4) is 0 Å². The van der Waals surface area contributed by atoms with Crippen molar-refractivity contribution in [2.45, 2.75) is 84.5 Å². The molecule has 5 rings (SSSR count). The fourth-order valence-corrected chi connectivity index (χ4v) is 6.74. The van der Waals surface area contributed by atoms with Gasteiger partial charge >= 0.3 is 0 Å². The smallest absolute Gasteiger partial charge is 0.227 e. The molecule has 1 saturated heterocycles. The second-order valence-electron chi connectivity index (χ2n) is 13.1. The molecule has 5 nitrogen and oxygen atoms in total. The van der Waals surface area contributed by atoms with E-state index in [9.17, 15) is 9.90 Å². The fourth-order valence-electron chi connectivity index (χ4n) is 5.73. The Bertz CT molecular complexity index is 1470. The molecule has 1 amide bonds. The Morgan fingerprint density at radius 3 is 2.28 bits per heavy atom. The van der Waals surface area contributed by atoms with Crippen molar-refractivity contribution in [3.8, 4) is 17.0 Å². The molecule has 2 N–H and O–H groups in total. The Morgan fingerprint density at radius 1 is 1.05 bits per heavy atom. The van der Waals surface area contributed by atoms with Gasteiger partial charge in [-0.25, -0.2) is 4.98 Å². The lowest BCUT2D eigenvalue weighted by Gasteiger charge is -2.31. The Hall–Kier alpha value is -3.12. The van der Waals surface area contributed by atoms with Crippen LogP contribution in [0.2, 0.25) is 0 Å². The van der Waals surface area contributed by atoms with Crippen molar-refractivity contribution in [1.82, 2.24) is 14.9 Å². The average Bonchev–Trinajstić information content (AvgIpc) is 3.48. The minimum atomic E-state index is -0.177. The first-order valence-corrected chi connectivity index (χ1v) is 14.9. The number of carbonyl (C=O) groups is 1. The molecular formula is C33H41N3O2S. The third-order valence-corrected chi connectivity index (χ3v) is 9.10. The molecule has 4 aromatic rings. The molecular weight excluding hydrogens is 502 g/mol. The average molecular weight is 544 g/mol. The molecule has 206 valence electrons. The number of benzene rings is 2. The Kier molecular flexibility index (Phi) is 7.13. The minimum absolute atomic E-state index is 0.177. The highest BCUT2D eigenvalue weighted by Gasteiger charge is 2.29. The van der Waals surface area contributed by atoms with E-state index in [2.05, 4.69) is 83.1 Å². The summed E-state index contributed by atoms with van der Waals surface area (Å²) in [5.74, 6) is 0.965. The molecule has 39 heavy (non-hydrogen) atoms. The number of carbonyl (C=O) groups excluding carboxylic acids is 1. The maximum absolute atomic E-state index is 13.2. The highest BCUT2D eigenvalue weighted by Crippen LogP contribution is 2.42. The molecule has 0 bridgehead atoms. The van der Waals surface area contributed by atoms with Crippen LogP contribution in [0, 0.1) is 6.92 Å². The largest absolute Gasteiger partial charge is 0.507 e. The zero-order chi connectivity index (χ0) is 28.1. The van der Waals surface area contributed by atoms with E-state index in [1.54, 1.807) is 11.3 Å². The molecule has 3 heterocycles. The topological polar surface area (TPSA) is 69.2 Å². The van der Waals surface area contributed by atoms with Gasteiger partial charge in [0, 0.05) is 57.7 Å². The van der Waals surface area contributed by atoms with Crippen LogP contribution in [0.5, 0.6) is 5.75 Å². The van der Waals surface area contributed by atoms with E-state index in [1.165, 1.54) is 0 Å². The maximum Gasteiger partial charge on any atom is 0.227 e. The number of aryl methyl sites for hydroxylation is 1. The molecule has 0 radical (unpaired) electrons. The zero-order valence-corrected chi connectivity index (χ0v) is 25.1. The summed E-state index contributed by atoms with van der Waals surface area (Å²) in [6.45, 7) is 16.4. The number of phenolic OH excluding ortho intramolecular Hbond substituents is 1. The molecule has 2 aromatic heterocycles. The van der Waals surface area contributed by atoms with Gasteiger partial charge in [0.05, 0.1) is 17.1 Å². The predicted molar refractivity (Wildman–Crippen MR) is 162 cm³/mol. The van der Waals surface area contributed by atoms with Crippen molar-refractivity contribution in [3.63, 3.8) is 0 Å². The maximum atomic E-state index is 13.2. The summed E-state index contributed by atoms with van der Waals surface area (Å²) in [5.41, 5.74) is 6.87. The first-order chi connectivity index (χ1) is 18.3. The number of likely N-dealkylation sites (tertiary alicyclic amines) is 1. The highest BCUT2D eigenvalue weighted by atomic mass is 32.1. The van der Waals surface area contributed by atoms with E-state index in [0.717, 1.165) is 75.5 Å². The number of thiazole rings is 1. The number of fused-ring (bicyclic) bond motifs is 1. The van der Waals surface area contributed by atoms with Gasteiger partial charge in [0.2, 0.25) is 5.91 Å². The van der Waals surface area contributed by atoms with Crippen LogP contribution in [-0.4, -0.2) is 39.0 Å². The van der Waals surface area contributed by atoms with Gasteiger partial charge in [0.25, 0.3) is 0 Å². The molecule has 6 heteroatoms. The lowest BCUT2D eigenvalue weighted by Crippen LogP contribution is -2.38. The number of hydrogen-bond acceptors (Lipinski definition) is 4. The minimum Gasteiger partial charge on any atom is -0.507 e. The first-order valence-electron chi connectivity index (χ1n) is 14.0. The van der Waals surface area contributed by atoms with E-state index in [1.807, 2.05) is 17.0 Å². The highest BCUT2D eigenvalue weighted by molar-refractivity contribution is 7.10. The SMILES string of the molecule is Cc1[nH]c2ccccc2c1CC(=O)N1CCC(c2nc(-c3cc(C(C)(C)C)c(O)c(C(C)(C)C)c3)cs2)CC1. The van der Waals surface area contributed by atoms with Gasteiger partial charge in [-0.1, -0.05) is 59.7 Å². The van der Waals surface area contributed by atoms with E-state index in [4.69, 9.17) is 4.98 Å². The molecule has 2 aromatic carbocycles. The lowest BCUT2D eigenvalue weighted by atomic mass is 9.78. The van der Waals surface area contributed by atoms with Crippen LogP contribution in [0.25, 0.3) is 22.2 Å². The lowest BCUT2D eigenvalue weighted by molar-refractivity contribution is -0.131. The summed E-state index contributed by atoms with van der Waals surface area (Å²) in [5, 5.41) is 15.5. The molecule has 0 aliphatic carbocycles. The van der Waals surface area contributed by atoms with Crippen LogP contribution < -0.4 is 0 Å². The number of nitrogens with one attached hydrogen (secondary N) is 1. The Labute approximate surface area is 236 Å². The van der Waals surface area contributed by atoms with Crippen LogP contribution in [0.15, 0.2) is 41.8 Å². The summed E-state index contributed by atoms with van der Waals surface area (Å²) in [6.07, 6.45) is 2.30. The third-order valence-electron chi connectivity index (χ3n) is 8.10. The second kappa shape index (κ2) is 10.1. The number of piperidine rings is 1. The van der Waals surface area contributed by atoms with Crippen molar-refractivity contribution in [3.05, 3.63) is 69.2 Å². The number of phenols is 1. The zero-order valence-electron chi connectivity index (χ0n) is 24.3. The summed E-state index contributed by atoms with van der Waals surface area (Å²) in [7, 11) is 0. The second-order valence-corrected chi connectivity index (χ2v) is 14.0. The number of aromatic nitrogens is 2. The van der Waals surface area contributed by atoms with Crippen LogP contribution in [-0.2, 0) is 22.0 Å². The van der Waals surface area contributed by atoms with Crippen LogP contribution >= 0.6 is 11.3 Å². The van der Waals surface area contributed by atoms with E-state index < -0.39 is 0 Å². The Morgan fingerprint density at radius 2 is 1.67 bits per heavy atom. The number of para-hydroxylation sites is 1. The van der Waals surface area contributed by atoms with Gasteiger partial charge in [0.15, 0.2) is 0 Å². The van der Waals surface area contributed by atoms with Gasteiger partial charge in [0.1, 0.15) is 5.75 Å². The molecule has 1 aliphatic rings. The first kappa shape index (κ1) is 27.4. The number of aromatic hydroxyl groups is 1. The summed E-state index contributed by atoms with van der Waals surface area (Å²) in [6, 6.07) is 12.4. The van der Waals surface area contributed by atoms with Gasteiger partial charge in [-0.3, -0.25) is 4.79 Å². The van der Waals surface area contributed by atoms with Crippen LogP contribution in [0.4, 0.5) is 0 Å². The van der Waals surface area contributed by atoms with Crippen molar-refractivity contribution in [1.29, 1.82) is 0 Å². The molecule has 0 saturated carbocycles. The van der Waals surface area contributed by atoms with Gasteiger partial charge in [-0.05, 0) is 54.4 Å². The van der Waals surface area contributed by atoms with Gasteiger partial charge in [-0.2, -0.15) is 0 Å². The number of H-pyrrole nitrogens is 1. The molecule has 0 spiro atoms. The van der Waals surface area contributed by atoms with E-state index in [-0.39, 0.29) is 16.7 Å². The Balaban J connectivity index is 1.30. The van der Waals surface area contributed by atoms with Gasteiger partial charge in [-0.15, -0.1) is 11.3 Å². The van der Waals surface area contributed by atoms with E-state index in [0.29, 0.717) is 18.1 Å². The summed E-state index contributed by atoms with van der Waals surface area (Å²) >= 11 is 1.72. The monoisotopic (exact) mass is 543 g/mol. The third kappa shape index (κ3) is 5.49. The number of amides is 1. The number of rotatable bonds is 4. The molecule has 0 unspecified atom stereocenters. The fraction of sp³-hybridized carbons (Fsp3) is 0.455. The van der Waals surface area contributed by atoms with Crippen LogP contribution in [0.1, 0.15) is 87.7 Å². The van der Waals surface area contributed by atoms with Gasteiger partial charge < -0.3 is 15.0 Å². The quantitative estimate of drug-likeness (QED) is 0.275. The number of nitrogens with zero attached hydrogens (tertiary/aromatic N) is 2.